The van der Waals surface area contributed by atoms with Gasteiger partial charge in [0.25, 0.3) is 5.91 Å². The second kappa shape index (κ2) is 7.70. The van der Waals surface area contributed by atoms with Crippen molar-refractivity contribution in [3.63, 3.8) is 0 Å². The lowest BCUT2D eigenvalue weighted by Crippen LogP contribution is -2.35. The molecule has 124 valence electrons. The van der Waals surface area contributed by atoms with Gasteiger partial charge < -0.3 is 10.2 Å². The van der Waals surface area contributed by atoms with Crippen molar-refractivity contribution in [1.29, 1.82) is 0 Å². The molecule has 6 heteroatoms. The van der Waals surface area contributed by atoms with Crippen LogP contribution in [0.5, 0.6) is 0 Å². The van der Waals surface area contributed by atoms with Crippen molar-refractivity contribution in [1.82, 2.24) is 15.2 Å². The molecule has 1 aromatic carbocycles. The van der Waals surface area contributed by atoms with Gasteiger partial charge in [0.05, 0.1) is 6.04 Å². The Hall–Kier alpha value is -2.02. The Kier molecular flexibility index (Phi) is 5.40. The maximum Gasteiger partial charge on any atom is 0.271 e. The number of carbonyl (C=O) groups excluding carboxylic acids is 1. The van der Waals surface area contributed by atoms with E-state index in [0.29, 0.717) is 5.69 Å². The van der Waals surface area contributed by atoms with Crippen molar-refractivity contribution < 1.29 is 4.79 Å². The van der Waals surface area contributed by atoms with Crippen LogP contribution < -0.4 is 5.32 Å². The number of rotatable bonds is 6. The largest absolute Gasteiger partial charge is 0.343 e. The van der Waals surface area contributed by atoms with E-state index >= 15 is 0 Å². The van der Waals surface area contributed by atoms with Crippen LogP contribution >= 0.6 is 22.7 Å². The lowest BCUT2D eigenvalue weighted by atomic mass is 10.1. The lowest BCUT2D eigenvalue weighted by molar-refractivity contribution is 0.0925. The average Bonchev–Trinajstić information content (AvgIpc) is 3.25. The van der Waals surface area contributed by atoms with E-state index in [2.05, 4.69) is 15.2 Å². The van der Waals surface area contributed by atoms with Gasteiger partial charge in [-0.3, -0.25) is 4.79 Å². The van der Waals surface area contributed by atoms with Gasteiger partial charge in [-0.2, -0.15) is 11.3 Å². The highest BCUT2D eigenvalue weighted by Crippen LogP contribution is 2.26. The van der Waals surface area contributed by atoms with Crippen LogP contribution in [0, 0.1) is 0 Å². The van der Waals surface area contributed by atoms with Crippen LogP contribution in [-0.2, 0) is 0 Å². The third kappa shape index (κ3) is 4.08. The zero-order valence-corrected chi connectivity index (χ0v) is 15.2. The Labute approximate surface area is 149 Å². The number of nitrogens with zero attached hydrogens (tertiary/aromatic N) is 2. The van der Waals surface area contributed by atoms with E-state index in [4.69, 9.17) is 0 Å². The smallest absolute Gasteiger partial charge is 0.271 e. The van der Waals surface area contributed by atoms with E-state index in [1.165, 1.54) is 11.3 Å². The number of benzene rings is 1. The molecule has 0 aliphatic carbocycles. The Morgan fingerprint density at radius 1 is 1.21 bits per heavy atom. The van der Waals surface area contributed by atoms with E-state index in [9.17, 15) is 4.79 Å². The van der Waals surface area contributed by atoms with E-state index in [-0.39, 0.29) is 11.9 Å². The molecule has 3 rings (SSSR count). The molecule has 1 atom stereocenters. The summed E-state index contributed by atoms with van der Waals surface area (Å²) in [5, 5.41) is 9.86. The number of thiophene rings is 1. The molecule has 2 heterocycles. The van der Waals surface area contributed by atoms with Gasteiger partial charge in [0.1, 0.15) is 10.7 Å². The number of hydrogen-bond donors (Lipinski definition) is 1. The third-order valence-electron chi connectivity index (χ3n) is 3.56. The molecule has 1 amide bonds. The zero-order chi connectivity index (χ0) is 16.9. The normalized spacial score (nSPS) is 12.3. The van der Waals surface area contributed by atoms with Crippen LogP contribution in [0.15, 0.2) is 52.5 Å². The van der Waals surface area contributed by atoms with Crippen molar-refractivity contribution in [3.8, 4) is 10.6 Å². The minimum atomic E-state index is -0.136. The summed E-state index contributed by atoms with van der Waals surface area (Å²) in [6.07, 6.45) is 0. The number of hydrogen-bond acceptors (Lipinski definition) is 5. The molecule has 2 aromatic heterocycles. The van der Waals surface area contributed by atoms with Crippen molar-refractivity contribution in [2.45, 2.75) is 6.04 Å². The summed E-state index contributed by atoms with van der Waals surface area (Å²) in [6.45, 7) is 0.733. The fraction of sp³-hybridized carbons (Fsp3) is 0.222. The summed E-state index contributed by atoms with van der Waals surface area (Å²) >= 11 is 3.12. The van der Waals surface area contributed by atoms with Gasteiger partial charge in [0.15, 0.2) is 0 Å². The van der Waals surface area contributed by atoms with Gasteiger partial charge in [-0.1, -0.05) is 30.3 Å². The number of carbonyl (C=O) groups is 1. The van der Waals surface area contributed by atoms with Crippen molar-refractivity contribution in [2.24, 2.45) is 0 Å². The minimum Gasteiger partial charge on any atom is -0.343 e. The van der Waals surface area contributed by atoms with Crippen LogP contribution in [-0.4, -0.2) is 36.4 Å². The zero-order valence-electron chi connectivity index (χ0n) is 13.6. The molecule has 0 radical (unpaired) electrons. The summed E-state index contributed by atoms with van der Waals surface area (Å²) in [5.74, 6) is -0.136. The molecule has 24 heavy (non-hydrogen) atoms. The molecule has 0 saturated heterocycles. The molecule has 0 saturated carbocycles. The number of aromatic nitrogens is 1. The van der Waals surface area contributed by atoms with Gasteiger partial charge in [-0.05, 0) is 31.1 Å². The fourth-order valence-corrected chi connectivity index (χ4v) is 3.93. The summed E-state index contributed by atoms with van der Waals surface area (Å²) in [6, 6.07) is 12.0. The van der Waals surface area contributed by atoms with Gasteiger partial charge in [0.2, 0.25) is 0 Å². The first kappa shape index (κ1) is 16.8. The Bertz CT molecular complexity index is 782. The predicted octanol–water partition coefficient (Wildman–Crippen LogP) is 3.90. The van der Waals surface area contributed by atoms with Gasteiger partial charge in [-0.25, -0.2) is 4.98 Å². The highest BCUT2D eigenvalue weighted by atomic mass is 32.1. The lowest BCUT2D eigenvalue weighted by Gasteiger charge is -2.22. The first-order valence-corrected chi connectivity index (χ1v) is 9.44. The Morgan fingerprint density at radius 2 is 2.00 bits per heavy atom. The van der Waals surface area contributed by atoms with Gasteiger partial charge >= 0.3 is 0 Å². The average molecular weight is 358 g/mol. The minimum absolute atomic E-state index is 0.0694. The molecule has 4 nitrogen and oxygen atoms in total. The maximum atomic E-state index is 12.6. The molecule has 0 bridgehead atoms. The monoisotopic (exact) mass is 357 g/mol. The SMILES string of the molecule is CN(C)C[C@H](NC(=O)c1csc(-c2ccsc2)n1)c1ccccc1. The maximum absolute atomic E-state index is 12.6. The first-order valence-electron chi connectivity index (χ1n) is 7.62. The second-order valence-electron chi connectivity index (χ2n) is 5.75. The Morgan fingerprint density at radius 3 is 2.67 bits per heavy atom. The number of likely N-dealkylation sites (N-methyl/N-ethyl adjacent to an activating group) is 1. The molecule has 0 fully saturated rings. The first-order chi connectivity index (χ1) is 11.6. The number of amides is 1. The number of nitrogens with one attached hydrogen (secondary N) is 1. The van der Waals surface area contributed by atoms with Gasteiger partial charge in [0, 0.05) is 22.9 Å². The van der Waals surface area contributed by atoms with Crippen LogP contribution in [0.3, 0.4) is 0 Å². The molecular formula is C18H19N3OS2. The summed E-state index contributed by atoms with van der Waals surface area (Å²) in [5.41, 5.74) is 2.63. The standard InChI is InChI=1S/C18H19N3OS2/c1-21(2)10-15(13-6-4-3-5-7-13)19-17(22)16-12-24-18(20-16)14-8-9-23-11-14/h3-9,11-12,15H,10H2,1-2H3,(H,19,22)/t15-/m0/s1. The van der Waals surface area contributed by atoms with Gasteiger partial charge in [-0.15, -0.1) is 11.3 Å². The van der Waals surface area contributed by atoms with Crippen LogP contribution in [0.2, 0.25) is 0 Å². The number of thiazole rings is 1. The predicted molar refractivity (Wildman–Crippen MR) is 101 cm³/mol. The van der Waals surface area contributed by atoms with Crippen LogP contribution in [0.25, 0.3) is 10.6 Å². The van der Waals surface area contributed by atoms with Crippen molar-refractivity contribution in [2.75, 3.05) is 20.6 Å². The molecule has 1 N–H and O–H groups in total. The van der Waals surface area contributed by atoms with Crippen molar-refractivity contribution >= 4 is 28.6 Å². The molecule has 3 aromatic rings. The fourth-order valence-electron chi connectivity index (χ4n) is 2.41. The van der Waals surface area contributed by atoms with E-state index in [0.717, 1.165) is 22.7 Å². The second-order valence-corrected chi connectivity index (χ2v) is 7.39. The molecule has 0 unspecified atom stereocenters. The summed E-state index contributed by atoms with van der Waals surface area (Å²) < 4.78 is 0. The van der Waals surface area contributed by atoms with Crippen LogP contribution in [0.1, 0.15) is 22.1 Å². The molecule has 0 aliphatic heterocycles. The van der Waals surface area contributed by atoms with E-state index < -0.39 is 0 Å². The highest BCUT2D eigenvalue weighted by molar-refractivity contribution is 7.14. The third-order valence-corrected chi connectivity index (χ3v) is 5.13. The topological polar surface area (TPSA) is 45.2 Å². The summed E-state index contributed by atoms with van der Waals surface area (Å²) in [7, 11) is 4.00. The molecule has 0 spiro atoms. The van der Waals surface area contributed by atoms with E-state index in [1.807, 2.05) is 66.6 Å². The molecular weight excluding hydrogens is 338 g/mol. The van der Waals surface area contributed by atoms with Crippen molar-refractivity contribution in [3.05, 3.63) is 63.8 Å². The quantitative estimate of drug-likeness (QED) is 0.728. The summed E-state index contributed by atoms with van der Waals surface area (Å²) in [4.78, 5) is 19.2. The highest BCUT2D eigenvalue weighted by Gasteiger charge is 2.18. The van der Waals surface area contributed by atoms with E-state index in [1.54, 1.807) is 11.3 Å². The Balaban J connectivity index is 1.76. The molecule has 0 aliphatic rings. The van der Waals surface area contributed by atoms with Crippen LogP contribution in [0.4, 0.5) is 0 Å².